The van der Waals surface area contributed by atoms with Crippen LogP contribution >= 0.6 is 0 Å². The number of nitrogens with zero attached hydrogens (tertiary/aromatic N) is 4. The van der Waals surface area contributed by atoms with E-state index in [0.717, 1.165) is 42.9 Å². The molecular weight excluding hydrogens is 236 g/mol. The minimum Gasteiger partial charge on any atom is -0.355 e. The number of rotatable bonds is 2. The van der Waals surface area contributed by atoms with Crippen LogP contribution < -0.4 is 4.90 Å². The van der Waals surface area contributed by atoms with E-state index >= 15 is 0 Å². The molecule has 0 N–H and O–H groups in total. The topological polar surface area (TPSA) is 43.2 Å². The van der Waals surface area contributed by atoms with Crippen molar-refractivity contribution in [2.75, 3.05) is 32.1 Å². The molecule has 1 aromatic rings. The Balaban J connectivity index is 2.19. The minimum absolute atomic E-state index is 0.639. The maximum atomic E-state index is 9.32. The fraction of sp³-hybridized carbons (Fsp3) is 0.600. The summed E-state index contributed by atoms with van der Waals surface area (Å²) in [7, 11) is 4.29. The third-order valence-corrected chi connectivity index (χ3v) is 3.98. The van der Waals surface area contributed by atoms with E-state index in [9.17, 15) is 5.26 Å². The van der Waals surface area contributed by atoms with Crippen molar-refractivity contribution in [3.8, 4) is 6.07 Å². The van der Waals surface area contributed by atoms with E-state index in [1.807, 2.05) is 13.0 Å². The van der Waals surface area contributed by atoms with Gasteiger partial charge in [0.15, 0.2) is 0 Å². The number of anilines is 1. The minimum atomic E-state index is 0.639. The largest absolute Gasteiger partial charge is 0.355 e. The molecule has 19 heavy (non-hydrogen) atoms. The number of aromatic nitrogens is 1. The quantitative estimate of drug-likeness (QED) is 0.815. The van der Waals surface area contributed by atoms with Gasteiger partial charge in [-0.1, -0.05) is 0 Å². The predicted molar refractivity (Wildman–Crippen MR) is 77.2 cm³/mol. The molecule has 0 bridgehead atoms. The van der Waals surface area contributed by atoms with Crippen LogP contribution in [-0.4, -0.2) is 43.1 Å². The first kappa shape index (κ1) is 13.8. The Labute approximate surface area is 115 Å². The Hall–Kier alpha value is -1.60. The molecule has 2 rings (SSSR count). The molecule has 1 fully saturated rings. The fourth-order valence-electron chi connectivity index (χ4n) is 2.73. The molecule has 0 aliphatic carbocycles. The van der Waals surface area contributed by atoms with E-state index in [2.05, 4.69) is 34.9 Å². The van der Waals surface area contributed by atoms with Gasteiger partial charge in [-0.2, -0.15) is 5.26 Å². The lowest BCUT2D eigenvalue weighted by molar-refractivity contribution is 0.272. The van der Waals surface area contributed by atoms with Gasteiger partial charge in [0.05, 0.1) is 5.56 Å². The Kier molecular flexibility index (Phi) is 4.39. The second-order valence-electron chi connectivity index (χ2n) is 5.47. The Morgan fingerprint density at radius 3 is 2.84 bits per heavy atom. The molecule has 4 heteroatoms. The van der Waals surface area contributed by atoms with E-state index in [1.165, 1.54) is 6.42 Å². The molecule has 0 aromatic carbocycles. The number of hydrogen-bond donors (Lipinski definition) is 0. The molecular formula is C15H22N4. The Bertz CT molecular complexity index is 476. The molecule has 102 valence electrons. The average molecular weight is 258 g/mol. The first-order chi connectivity index (χ1) is 9.13. The normalized spacial score (nSPS) is 20.2. The van der Waals surface area contributed by atoms with Gasteiger partial charge in [-0.15, -0.1) is 0 Å². The van der Waals surface area contributed by atoms with Crippen LogP contribution in [0.15, 0.2) is 12.3 Å². The standard InChI is InChI=1S/C15H22N4/c1-12-6-8-17-15(14(12)11-16)19-9-4-5-13(7-10-19)18(2)3/h6,8,13H,4-5,7,9-10H2,1-3H3/t13-/m0/s1. The number of aryl methyl sites for hydroxylation is 1. The molecule has 1 aromatic heterocycles. The Morgan fingerprint density at radius 1 is 1.37 bits per heavy atom. The summed E-state index contributed by atoms with van der Waals surface area (Å²) < 4.78 is 0. The lowest BCUT2D eigenvalue weighted by atomic mass is 10.1. The summed E-state index contributed by atoms with van der Waals surface area (Å²) >= 11 is 0. The van der Waals surface area contributed by atoms with Gasteiger partial charge in [0.2, 0.25) is 0 Å². The number of hydrogen-bond acceptors (Lipinski definition) is 4. The van der Waals surface area contributed by atoms with E-state index in [1.54, 1.807) is 6.20 Å². The maximum absolute atomic E-state index is 9.32. The third kappa shape index (κ3) is 3.05. The summed E-state index contributed by atoms with van der Waals surface area (Å²) in [5, 5.41) is 9.32. The zero-order chi connectivity index (χ0) is 13.8. The van der Waals surface area contributed by atoms with E-state index in [0.29, 0.717) is 6.04 Å². The summed E-state index contributed by atoms with van der Waals surface area (Å²) in [5.74, 6) is 0.863. The second-order valence-corrected chi connectivity index (χ2v) is 5.47. The summed E-state index contributed by atoms with van der Waals surface area (Å²) in [6.07, 6.45) is 5.31. The van der Waals surface area contributed by atoms with Gasteiger partial charge in [-0.05, 0) is 51.9 Å². The van der Waals surface area contributed by atoms with Crippen molar-refractivity contribution >= 4 is 5.82 Å². The third-order valence-electron chi connectivity index (χ3n) is 3.98. The number of pyridine rings is 1. The van der Waals surface area contributed by atoms with Crippen LogP contribution in [0.3, 0.4) is 0 Å². The molecule has 0 spiro atoms. The first-order valence-corrected chi connectivity index (χ1v) is 6.90. The summed E-state index contributed by atoms with van der Waals surface area (Å²) in [6.45, 7) is 3.95. The summed E-state index contributed by atoms with van der Waals surface area (Å²) in [5.41, 5.74) is 1.74. The van der Waals surface area contributed by atoms with Gasteiger partial charge >= 0.3 is 0 Å². The molecule has 1 saturated heterocycles. The van der Waals surface area contributed by atoms with Crippen molar-refractivity contribution < 1.29 is 0 Å². The van der Waals surface area contributed by atoms with Crippen LogP contribution in [0.2, 0.25) is 0 Å². The van der Waals surface area contributed by atoms with E-state index in [-0.39, 0.29) is 0 Å². The summed E-state index contributed by atoms with van der Waals surface area (Å²) in [6, 6.07) is 4.85. The fourth-order valence-corrected chi connectivity index (χ4v) is 2.73. The van der Waals surface area contributed by atoms with Gasteiger partial charge in [0.1, 0.15) is 11.9 Å². The maximum Gasteiger partial charge on any atom is 0.146 e. The van der Waals surface area contributed by atoms with Gasteiger partial charge in [0.25, 0.3) is 0 Å². The summed E-state index contributed by atoms with van der Waals surface area (Å²) in [4.78, 5) is 9.01. The van der Waals surface area contributed by atoms with Crippen molar-refractivity contribution in [2.45, 2.75) is 32.2 Å². The molecule has 1 aliphatic heterocycles. The van der Waals surface area contributed by atoms with Crippen LogP contribution in [0.1, 0.15) is 30.4 Å². The lowest BCUT2D eigenvalue weighted by Crippen LogP contribution is -2.30. The second kappa shape index (κ2) is 6.03. The lowest BCUT2D eigenvalue weighted by Gasteiger charge is -2.24. The zero-order valence-electron chi connectivity index (χ0n) is 12.1. The van der Waals surface area contributed by atoms with Crippen molar-refractivity contribution in [1.82, 2.24) is 9.88 Å². The van der Waals surface area contributed by atoms with Crippen LogP contribution in [0.5, 0.6) is 0 Å². The molecule has 1 aliphatic rings. The monoisotopic (exact) mass is 258 g/mol. The highest BCUT2D eigenvalue weighted by Crippen LogP contribution is 2.24. The molecule has 0 amide bonds. The Morgan fingerprint density at radius 2 is 2.16 bits per heavy atom. The van der Waals surface area contributed by atoms with Crippen molar-refractivity contribution in [2.24, 2.45) is 0 Å². The van der Waals surface area contributed by atoms with Gasteiger partial charge in [0, 0.05) is 25.3 Å². The van der Waals surface area contributed by atoms with Crippen molar-refractivity contribution in [3.05, 3.63) is 23.4 Å². The molecule has 0 saturated carbocycles. The van der Waals surface area contributed by atoms with Gasteiger partial charge in [-0.3, -0.25) is 0 Å². The van der Waals surface area contributed by atoms with E-state index in [4.69, 9.17) is 0 Å². The average Bonchev–Trinajstić information content (AvgIpc) is 2.64. The van der Waals surface area contributed by atoms with Gasteiger partial charge < -0.3 is 9.80 Å². The SMILES string of the molecule is Cc1ccnc(N2CCC[C@H](N(C)C)CC2)c1C#N. The molecule has 4 nitrogen and oxygen atoms in total. The number of nitriles is 1. The smallest absolute Gasteiger partial charge is 0.146 e. The molecule has 0 unspecified atom stereocenters. The first-order valence-electron chi connectivity index (χ1n) is 6.90. The molecule has 2 heterocycles. The van der Waals surface area contributed by atoms with E-state index < -0.39 is 0 Å². The van der Waals surface area contributed by atoms with Crippen molar-refractivity contribution in [3.63, 3.8) is 0 Å². The van der Waals surface area contributed by atoms with Crippen molar-refractivity contribution in [1.29, 1.82) is 5.26 Å². The highest BCUT2D eigenvalue weighted by atomic mass is 15.2. The molecule has 1 atom stereocenters. The highest BCUT2D eigenvalue weighted by molar-refractivity contribution is 5.57. The highest BCUT2D eigenvalue weighted by Gasteiger charge is 2.21. The van der Waals surface area contributed by atoms with Gasteiger partial charge in [-0.25, -0.2) is 4.98 Å². The van der Waals surface area contributed by atoms with Crippen LogP contribution in [0.4, 0.5) is 5.82 Å². The van der Waals surface area contributed by atoms with Crippen LogP contribution in [-0.2, 0) is 0 Å². The molecule has 0 radical (unpaired) electrons. The van der Waals surface area contributed by atoms with Crippen LogP contribution in [0.25, 0.3) is 0 Å². The zero-order valence-corrected chi connectivity index (χ0v) is 12.1. The van der Waals surface area contributed by atoms with Crippen LogP contribution in [0, 0.1) is 18.3 Å². The predicted octanol–water partition coefficient (Wildman–Crippen LogP) is 2.18.